The van der Waals surface area contributed by atoms with E-state index in [2.05, 4.69) is 0 Å². The van der Waals surface area contributed by atoms with E-state index in [1.54, 1.807) is 18.4 Å². The molecule has 1 heterocycles. The highest BCUT2D eigenvalue weighted by atomic mass is 35.5. The Morgan fingerprint density at radius 2 is 1.71 bits per heavy atom. The van der Waals surface area contributed by atoms with Gasteiger partial charge < -0.3 is 24.1 Å². The summed E-state index contributed by atoms with van der Waals surface area (Å²) in [4.78, 5) is 23.4. The third-order valence-electron chi connectivity index (χ3n) is 5.38. The van der Waals surface area contributed by atoms with Gasteiger partial charge in [0, 0.05) is 18.9 Å². The molecule has 9 heteroatoms. The maximum Gasteiger partial charge on any atom is 0.303 e. The van der Waals surface area contributed by atoms with Gasteiger partial charge in [-0.1, -0.05) is 35.9 Å². The normalized spacial score (nSPS) is 24.4. The summed E-state index contributed by atoms with van der Waals surface area (Å²) in [5.41, 5.74) is 1.93. The van der Waals surface area contributed by atoms with Gasteiger partial charge in [0.1, 0.15) is 23.4 Å². The topological polar surface area (TPSA) is 91.3 Å². The molecule has 0 aliphatic carbocycles. The number of thioether (sulfide) groups is 1. The van der Waals surface area contributed by atoms with Crippen molar-refractivity contribution in [2.45, 2.75) is 57.0 Å². The summed E-state index contributed by atoms with van der Waals surface area (Å²) in [6, 6.07) is 13.2. The van der Waals surface area contributed by atoms with E-state index in [-0.39, 0.29) is 0 Å². The third kappa shape index (κ3) is 6.44. The Morgan fingerprint density at radius 3 is 2.29 bits per heavy atom. The Bertz CT molecular complexity index is 997. The molecule has 1 unspecified atom stereocenters. The number of esters is 2. The van der Waals surface area contributed by atoms with Crippen molar-refractivity contribution >= 4 is 35.3 Å². The molecule has 1 saturated heterocycles. The fourth-order valence-corrected chi connectivity index (χ4v) is 4.82. The van der Waals surface area contributed by atoms with E-state index < -0.39 is 41.8 Å². The number of hydrogen-bond donors (Lipinski definition) is 1. The van der Waals surface area contributed by atoms with Crippen LogP contribution in [0.2, 0.25) is 5.02 Å². The first-order valence-electron chi connectivity index (χ1n) is 10.9. The summed E-state index contributed by atoms with van der Waals surface area (Å²) in [7, 11) is 0. The third-order valence-corrected chi connectivity index (χ3v) is 6.60. The minimum Gasteiger partial charge on any atom is -0.494 e. The van der Waals surface area contributed by atoms with Gasteiger partial charge in [-0.25, -0.2) is 0 Å². The average Bonchev–Trinajstić information content (AvgIpc) is 2.79. The molecule has 5 atom stereocenters. The number of rotatable bonds is 8. The van der Waals surface area contributed by atoms with E-state index in [1.165, 1.54) is 25.6 Å². The first kappa shape index (κ1) is 26.3. The molecule has 34 heavy (non-hydrogen) atoms. The predicted molar refractivity (Wildman–Crippen MR) is 130 cm³/mol. The number of aliphatic hydroxyl groups is 1. The monoisotopic (exact) mass is 508 g/mol. The number of benzene rings is 2. The van der Waals surface area contributed by atoms with Crippen molar-refractivity contribution in [2.24, 2.45) is 0 Å². The molecule has 0 amide bonds. The summed E-state index contributed by atoms with van der Waals surface area (Å²) >= 11 is 7.79. The molecular formula is C25H29ClO7S. The zero-order valence-corrected chi connectivity index (χ0v) is 21.1. The van der Waals surface area contributed by atoms with Gasteiger partial charge in [0.25, 0.3) is 0 Å². The van der Waals surface area contributed by atoms with Crippen LogP contribution < -0.4 is 4.74 Å². The lowest BCUT2D eigenvalue weighted by Gasteiger charge is -2.43. The standard InChI is InChI=1S/C25H29ClO7S/c1-5-30-19-9-6-16(7-10-19)12-18-13-17(8-11-20(18)26)22-23(31-14(2)27)21(29)24(32-15(3)28)25(33-22)34-4/h6-11,13,21-25,29H,5,12H2,1-4H3/t21-,22+,23-,24+,25?/m1/s1. The highest BCUT2D eigenvalue weighted by Gasteiger charge is 2.49. The Balaban J connectivity index is 1.91. The van der Waals surface area contributed by atoms with Gasteiger partial charge >= 0.3 is 11.9 Å². The lowest BCUT2D eigenvalue weighted by molar-refractivity contribution is -0.224. The van der Waals surface area contributed by atoms with Crippen LogP contribution in [0.1, 0.15) is 43.6 Å². The molecule has 1 aliphatic heterocycles. The van der Waals surface area contributed by atoms with Crippen LogP contribution in [0.5, 0.6) is 5.75 Å². The lowest BCUT2D eigenvalue weighted by atomic mass is 9.92. The van der Waals surface area contributed by atoms with Crippen molar-refractivity contribution in [2.75, 3.05) is 12.9 Å². The molecule has 1 aliphatic rings. The SMILES string of the molecule is CCOc1ccc(Cc2cc([C@@H]3OC(SC)[C@@H](OC(C)=O)[C@H](O)[C@H]3OC(C)=O)ccc2Cl)cc1. The average molecular weight is 509 g/mol. The molecule has 0 saturated carbocycles. The van der Waals surface area contributed by atoms with Gasteiger partial charge in [0.05, 0.1) is 6.61 Å². The van der Waals surface area contributed by atoms with Crippen molar-refractivity contribution in [1.29, 1.82) is 0 Å². The quantitative estimate of drug-likeness (QED) is 0.527. The van der Waals surface area contributed by atoms with Crippen molar-refractivity contribution in [3.05, 3.63) is 64.2 Å². The van der Waals surface area contributed by atoms with Crippen LogP contribution in [-0.2, 0) is 30.2 Å². The molecule has 0 spiro atoms. The summed E-state index contributed by atoms with van der Waals surface area (Å²) in [6.07, 6.45) is -1.74. The van der Waals surface area contributed by atoms with Crippen molar-refractivity contribution in [3.8, 4) is 5.75 Å². The van der Waals surface area contributed by atoms with Crippen LogP contribution >= 0.6 is 23.4 Å². The Kier molecular flexibility index (Phi) is 9.24. The molecular weight excluding hydrogens is 480 g/mol. The number of aliphatic hydroxyl groups excluding tert-OH is 1. The maximum atomic E-state index is 11.8. The van der Waals surface area contributed by atoms with Gasteiger partial charge in [-0.3, -0.25) is 9.59 Å². The molecule has 1 fully saturated rings. The largest absolute Gasteiger partial charge is 0.494 e. The Morgan fingerprint density at radius 1 is 1.06 bits per heavy atom. The van der Waals surface area contributed by atoms with Crippen LogP contribution in [-0.4, -0.2) is 53.7 Å². The van der Waals surface area contributed by atoms with E-state index >= 15 is 0 Å². The smallest absolute Gasteiger partial charge is 0.303 e. The molecule has 184 valence electrons. The summed E-state index contributed by atoms with van der Waals surface area (Å²) in [6.45, 7) is 5.04. The maximum absolute atomic E-state index is 11.8. The zero-order valence-electron chi connectivity index (χ0n) is 19.5. The molecule has 0 radical (unpaired) electrons. The fraction of sp³-hybridized carbons (Fsp3) is 0.440. The lowest BCUT2D eigenvalue weighted by Crippen LogP contribution is -2.55. The zero-order chi connectivity index (χ0) is 24.8. The number of halogens is 1. The van der Waals surface area contributed by atoms with Crippen LogP contribution in [0.4, 0.5) is 0 Å². The first-order chi connectivity index (χ1) is 16.2. The number of carbonyl (C=O) groups excluding carboxylic acids is 2. The molecule has 7 nitrogen and oxygen atoms in total. The Labute approximate surface area is 208 Å². The predicted octanol–water partition coefficient (Wildman–Crippen LogP) is 4.31. The molecule has 2 aromatic carbocycles. The second-order valence-corrected chi connectivity index (χ2v) is 9.25. The summed E-state index contributed by atoms with van der Waals surface area (Å²) in [5, 5.41) is 11.6. The van der Waals surface area contributed by atoms with Gasteiger partial charge in [-0.2, -0.15) is 0 Å². The van der Waals surface area contributed by atoms with E-state index in [0.717, 1.165) is 16.9 Å². The van der Waals surface area contributed by atoms with Crippen LogP contribution in [0.25, 0.3) is 0 Å². The van der Waals surface area contributed by atoms with Crippen LogP contribution in [0.3, 0.4) is 0 Å². The van der Waals surface area contributed by atoms with Gasteiger partial charge in [-0.05, 0) is 54.5 Å². The van der Waals surface area contributed by atoms with Gasteiger partial charge in [0.2, 0.25) is 0 Å². The van der Waals surface area contributed by atoms with Gasteiger partial charge in [-0.15, -0.1) is 11.8 Å². The van der Waals surface area contributed by atoms with Crippen LogP contribution in [0, 0.1) is 0 Å². The molecule has 3 rings (SSSR count). The minimum absolute atomic E-state index is 0.559. The Hall–Kier alpha value is -2.26. The molecule has 0 aromatic heterocycles. The first-order valence-corrected chi connectivity index (χ1v) is 12.6. The number of ether oxygens (including phenoxy) is 4. The summed E-state index contributed by atoms with van der Waals surface area (Å²) in [5.74, 6) is -0.341. The minimum atomic E-state index is -1.27. The number of carbonyl (C=O) groups is 2. The van der Waals surface area contributed by atoms with E-state index in [1.807, 2.05) is 37.3 Å². The second-order valence-electron chi connectivity index (χ2n) is 7.90. The van der Waals surface area contributed by atoms with Gasteiger partial charge in [0.15, 0.2) is 12.2 Å². The number of hydrogen-bond acceptors (Lipinski definition) is 8. The van der Waals surface area contributed by atoms with Crippen LogP contribution in [0.15, 0.2) is 42.5 Å². The second kappa shape index (κ2) is 11.9. The molecule has 1 N–H and O–H groups in total. The summed E-state index contributed by atoms with van der Waals surface area (Å²) < 4.78 is 22.4. The van der Waals surface area contributed by atoms with E-state index in [4.69, 9.17) is 30.5 Å². The molecule has 2 aromatic rings. The highest BCUT2D eigenvalue weighted by molar-refractivity contribution is 7.99. The van der Waals surface area contributed by atoms with Crippen molar-refractivity contribution < 1.29 is 33.6 Å². The highest BCUT2D eigenvalue weighted by Crippen LogP contribution is 2.40. The van der Waals surface area contributed by atoms with E-state index in [9.17, 15) is 14.7 Å². The van der Waals surface area contributed by atoms with Crippen molar-refractivity contribution in [1.82, 2.24) is 0 Å². The van der Waals surface area contributed by atoms with Crippen molar-refractivity contribution in [3.63, 3.8) is 0 Å². The fourth-order valence-electron chi connectivity index (χ4n) is 3.92. The molecule has 0 bridgehead atoms. The van der Waals surface area contributed by atoms with E-state index in [0.29, 0.717) is 23.6 Å².